The molecule has 6 heterocycles. The van der Waals surface area contributed by atoms with Gasteiger partial charge >= 0.3 is 0 Å². The summed E-state index contributed by atoms with van der Waals surface area (Å²) in [7, 11) is 0. The van der Waals surface area contributed by atoms with Crippen molar-refractivity contribution in [2.24, 2.45) is 17.8 Å². The second kappa shape index (κ2) is 7.64. The average molecular weight is 508 g/mol. The van der Waals surface area contributed by atoms with E-state index in [2.05, 4.69) is 56.2 Å². The SMILES string of the molecule is CC1(N(CC2CC(CN(C3(C)CO3)C3(C)CO3)CC(CN(C3(C)CO3)C3(C)CO3)C2)C2(C)CO2)CO1. The van der Waals surface area contributed by atoms with Crippen LogP contribution in [0.4, 0.5) is 0 Å². The van der Waals surface area contributed by atoms with Crippen LogP contribution in [0, 0.1) is 17.8 Å². The van der Waals surface area contributed by atoms with Crippen LogP contribution in [0.25, 0.3) is 0 Å². The lowest BCUT2D eigenvalue weighted by molar-refractivity contribution is -0.0558. The molecule has 9 nitrogen and oxygen atoms in total. The third-order valence-electron chi connectivity index (χ3n) is 10.1. The third-order valence-corrected chi connectivity index (χ3v) is 10.1. The van der Waals surface area contributed by atoms with Gasteiger partial charge < -0.3 is 28.4 Å². The molecule has 0 radical (unpaired) electrons. The van der Waals surface area contributed by atoms with Crippen LogP contribution >= 0.6 is 0 Å². The second-order valence-electron chi connectivity index (χ2n) is 13.9. The van der Waals surface area contributed by atoms with Crippen molar-refractivity contribution >= 4 is 0 Å². The number of nitrogens with zero attached hydrogens (tertiary/aromatic N) is 3. The monoisotopic (exact) mass is 507 g/mol. The van der Waals surface area contributed by atoms with E-state index in [0.29, 0.717) is 17.8 Å². The minimum Gasteiger partial charge on any atom is -0.354 e. The Morgan fingerprint density at radius 1 is 0.417 bits per heavy atom. The molecule has 1 aliphatic carbocycles. The fourth-order valence-corrected chi connectivity index (χ4v) is 7.15. The molecule has 0 spiro atoms. The fourth-order valence-electron chi connectivity index (χ4n) is 7.15. The van der Waals surface area contributed by atoms with Crippen molar-refractivity contribution in [1.29, 1.82) is 0 Å². The molecule has 0 bridgehead atoms. The van der Waals surface area contributed by atoms with E-state index in [1.54, 1.807) is 0 Å². The van der Waals surface area contributed by atoms with Gasteiger partial charge in [0.25, 0.3) is 0 Å². The van der Waals surface area contributed by atoms with E-state index in [0.717, 1.165) is 59.3 Å². The van der Waals surface area contributed by atoms with E-state index in [9.17, 15) is 0 Å². The number of epoxide rings is 6. The first-order valence-electron chi connectivity index (χ1n) is 14.0. The summed E-state index contributed by atoms with van der Waals surface area (Å²) in [5.74, 6) is 1.75. The Balaban J connectivity index is 1.11. The Kier molecular flexibility index (Phi) is 5.23. The molecular weight excluding hydrogens is 462 g/mol. The molecule has 0 aromatic carbocycles. The zero-order valence-electron chi connectivity index (χ0n) is 23.0. The van der Waals surface area contributed by atoms with E-state index in [4.69, 9.17) is 28.4 Å². The quantitative estimate of drug-likeness (QED) is 0.370. The summed E-state index contributed by atoms with van der Waals surface area (Å²) < 4.78 is 35.5. The molecule has 6 unspecified atom stereocenters. The van der Waals surface area contributed by atoms with Gasteiger partial charge in [-0.1, -0.05) is 0 Å². The molecule has 6 saturated heterocycles. The highest BCUT2D eigenvalue weighted by atomic mass is 16.7. The highest BCUT2D eigenvalue weighted by molar-refractivity contribution is 5.04. The van der Waals surface area contributed by atoms with E-state index < -0.39 is 0 Å². The van der Waals surface area contributed by atoms with E-state index in [1.807, 2.05) is 0 Å². The van der Waals surface area contributed by atoms with Crippen molar-refractivity contribution in [3.8, 4) is 0 Å². The number of hydrogen-bond donors (Lipinski definition) is 0. The lowest BCUT2D eigenvalue weighted by Gasteiger charge is -2.44. The number of ether oxygens (including phenoxy) is 6. The van der Waals surface area contributed by atoms with E-state index in [-0.39, 0.29) is 34.3 Å². The first-order valence-corrected chi connectivity index (χ1v) is 14.0. The van der Waals surface area contributed by atoms with Crippen molar-refractivity contribution in [2.75, 3.05) is 59.3 Å². The molecule has 1 saturated carbocycles. The second-order valence-corrected chi connectivity index (χ2v) is 13.9. The Morgan fingerprint density at radius 3 is 0.722 bits per heavy atom. The summed E-state index contributed by atoms with van der Waals surface area (Å²) in [5, 5.41) is 0. The van der Waals surface area contributed by atoms with Crippen molar-refractivity contribution in [3.05, 3.63) is 0 Å². The van der Waals surface area contributed by atoms with Gasteiger partial charge in [-0.2, -0.15) is 0 Å². The average Bonchev–Trinajstić information content (AvgIpc) is 3.64. The molecule has 9 heteroatoms. The maximum atomic E-state index is 5.92. The molecule has 7 aliphatic rings. The summed E-state index contributed by atoms with van der Waals surface area (Å²) in [6.45, 7) is 21.1. The zero-order valence-corrected chi connectivity index (χ0v) is 23.0. The van der Waals surface area contributed by atoms with E-state index >= 15 is 0 Å². The van der Waals surface area contributed by atoms with Gasteiger partial charge in [-0.15, -0.1) is 0 Å². The number of rotatable bonds is 12. The smallest absolute Gasteiger partial charge is 0.144 e. The molecule has 0 aromatic heterocycles. The topological polar surface area (TPSA) is 84.9 Å². The third kappa shape index (κ3) is 4.46. The zero-order chi connectivity index (χ0) is 25.2. The van der Waals surface area contributed by atoms with Crippen LogP contribution in [-0.2, 0) is 28.4 Å². The Morgan fingerprint density at radius 2 is 0.583 bits per heavy atom. The molecule has 6 aliphatic heterocycles. The Hall–Kier alpha value is -0.360. The van der Waals surface area contributed by atoms with Gasteiger partial charge in [0.1, 0.15) is 34.3 Å². The van der Waals surface area contributed by atoms with Gasteiger partial charge in [0.15, 0.2) is 0 Å². The predicted molar refractivity (Wildman–Crippen MR) is 131 cm³/mol. The van der Waals surface area contributed by atoms with Crippen LogP contribution in [-0.4, -0.2) is 108 Å². The summed E-state index contributed by atoms with van der Waals surface area (Å²) in [6, 6.07) is 0. The Labute approximate surface area is 215 Å². The van der Waals surface area contributed by atoms with Gasteiger partial charge in [0.05, 0.1) is 39.6 Å². The minimum atomic E-state index is -0.179. The highest BCUT2D eigenvalue weighted by Gasteiger charge is 2.62. The van der Waals surface area contributed by atoms with Crippen LogP contribution in [0.1, 0.15) is 60.8 Å². The van der Waals surface area contributed by atoms with Crippen molar-refractivity contribution < 1.29 is 28.4 Å². The van der Waals surface area contributed by atoms with Gasteiger partial charge in [0.2, 0.25) is 0 Å². The predicted octanol–water partition coefficient (Wildman–Crippen LogP) is 2.40. The first kappa shape index (κ1) is 24.7. The van der Waals surface area contributed by atoms with Crippen molar-refractivity contribution in [3.63, 3.8) is 0 Å². The summed E-state index contributed by atoms with van der Waals surface area (Å²) >= 11 is 0. The molecule has 0 amide bonds. The van der Waals surface area contributed by atoms with Crippen molar-refractivity contribution in [2.45, 2.75) is 95.2 Å². The fraction of sp³-hybridized carbons (Fsp3) is 1.00. The van der Waals surface area contributed by atoms with Crippen LogP contribution in [0.15, 0.2) is 0 Å². The summed E-state index contributed by atoms with van der Waals surface area (Å²) in [5.41, 5.74) is -1.08. The molecular formula is C27H45N3O6. The van der Waals surface area contributed by atoms with Gasteiger partial charge in [-0.05, 0) is 78.6 Å². The van der Waals surface area contributed by atoms with Crippen LogP contribution in [0.5, 0.6) is 0 Å². The van der Waals surface area contributed by atoms with Crippen LogP contribution in [0.2, 0.25) is 0 Å². The molecule has 0 aromatic rings. The maximum absolute atomic E-state index is 5.92. The molecule has 36 heavy (non-hydrogen) atoms. The number of hydrogen-bond acceptors (Lipinski definition) is 9. The largest absolute Gasteiger partial charge is 0.354 e. The van der Waals surface area contributed by atoms with Crippen LogP contribution in [0.3, 0.4) is 0 Å². The molecule has 0 N–H and O–H groups in total. The van der Waals surface area contributed by atoms with Crippen molar-refractivity contribution in [1.82, 2.24) is 14.7 Å². The minimum absolute atomic E-state index is 0.179. The van der Waals surface area contributed by atoms with Gasteiger partial charge in [-0.3, -0.25) is 0 Å². The summed E-state index contributed by atoms with van der Waals surface area (Å²) in [4.78, 5) is 7.52. The molecule has 204 valence electrons. The normalized spacial score (nSPS) is 54.8. The first-order chi connectivity index (χ1) is 16.9. The summed E-state index contributed by atoms with van der Waals surface area (Å²) in [6.07, 6.45) is 3.63. The maximum Gasteiger partial charge on any atom is 0.144 e. The lowest BCUT2D eigenvalue weighted by Crippen LogP contribution is -2.53. The van der Waals surface area contributed by atoms with E-state index in [1.165, 1.54) is 19.3 Å². The van der Waals surface area contributed by atoms with Crippen LogP contribution < -0.4 is 0 Å². The van der Waals surface area contributed by atoms with Gasteiger partial charge in [0, 0.05) is 19.6 Å². The molecule has 7 rings (SSSR count). The molecule has 7 fully saturated rings. The lowest BCUT2D eigenvalue weighted by atomic mass is 9.73. The standard InChI is InChI=1S/C27H45N3O6/c1-22(13-31-22)28(23(2)14-32-23)10-19-7-20(11-29(24(3)15-33-24)25(4)16-34-25)9-21(8-19)12-30(26(5)17-35-26)27(6)18-36-27/h19-21H,7-18H2,1-6H3. The molecule has 6 atom stereocenters. The Bertz CT molecular complexity index is 716. The van der Waals surface area contributed by atoms with Gasteiger partial charge in [-0.25, -0.2) is 14.7 Å². The highest BCUT2D eigenvalue weighted by Crippen LogP contribution is 2.49.